The van der Waals surface area contributed by atoms with Crippen LogP contribution in [0.2, 0.25) is 5.02 Å². The summed E-state index contributed by atoms with van der Waals surface area (Å²) >= 11 is 6.10. The fraction of sp³-hybridized carbons (Fsp3) is 0.133. The van der Waals surface area contributed by atoms with Crippen molar-refractivity contribution in [1.29, 1.82) is 5.26 Å². The van der Waals surface area contributed by atoms with Crippen LogP contribution in [0.1, 0.15) is 11.6 Å². The standard InChI is InChI=1S/C15H13ClN2O/c1-19-12-8-6-11(7-9-12)18-15(10-17)13-4-2-3-5-14(13)16/h2-9,15,18H,1H3. The van der Waals surface area contributed by atoms with Gasteiger partial charge >= 0.3 is 0 Å². The fourth-order valence-electron chi connectivity index (χ4n) is 1.74. The first-order valence-electron chi connectivity index (χ1n) is 5.79. The number of hydrogen-bond donors (Lipinski definition) is 1. The van der Waals surface area contributed by atoms with Crippen molar-refractivity contribution >= 4 is 17.3 Å². The molecule has 0 aliphatic rings. The lowest BCUT2D eigenvalue weighted by Gasteiger charge is -2.14. The van der Waals surface area contributed by atoms with E-state index in [9.17, 15) is 5.26 Å². The van der Waals surface area contributed by atoms with Crippen LogP contribution < -0.4 is 10.1 Å². The molecule has 96 valence electrons. The van der Waals surface area contributed by atoms with E-state index >= 15 is 0 Å². The van der Waals surface area contributed by atoms with Crippen molar-refractivity contribution in [1.82, 2.24) is 0 Å². The van der Waals surface area contributed by atoms with Gasteiger partial charge in [-0.3, -0.25) is 0 Å². The Labute approximate surface area is 117 Å². The lowest BCUT2D eigenvalue weighted by molar-refractivity contribution is 0.415. The minimum atomic E-state index is -0.484. The number of anilines is 1. The summed E-state index contributed by atoms with van der Waals surface area (Å²) in [6.45, 7) is 0. The molecule has 3 nitrogen and oxygen atoms in total. The summed E-state index contributed by atoms with van der Waals surface area (Å²) in [5.41, 5.74) is 1.61. The zero-order valence-electron chi connectivity index (χ0n) is 10.4. The predicted octanol–water partition coefficient (Wildman–Crippen LogP) is 4.03. The largest absolute Gasteiger partial charge is 0.497 e. The fourth-order valence-corrected chi connectivity index (χ4v) is 1.99. The third-order valence-corrected chi connectivity index (χ3v) is 3.09. The minimum Gasteiger partial charge on any atom is -0.497 e. The summed E-state index contributed by atoms with van der Waals surface area (Å²) in [7, 11) is 1.62. The molecular formula is C15H13ClN2O. The van der Waals surface area contributed by atoms with Gasteiger partial charge in [0.2, 0.25) is 0 Å². The second-order valence-corrected chi connectivity index (χ2v) is 4.36. The minimum absolute atomic E-state index is 0.484. The summed E-state index contributed by atoms with van der Waals surface area (Å²) < 4.78 is 5.09. The monoisotopic (exact) mass is 272 g/mol. The van der Waals surface area contributed by atoms with Crippen molar-refractivity contribution in [2.24, 2.45) is 0 Å². The molecule has 0 amide bonds. The van der Waals surface area contributed by atoms with Crippen LogP contribution in [0.4, 0.5) is 5.69 Å². The molecule has 0 spiro atoms. The molecule has 2 aromatic carbocycles. The SMILES string of the molecule is COc1ccc(NC(C#N)c2ccccc2Cl)cc1. The van der Waals surface area contributed by atoms with E-state index in [1.54, 1.807) is 13.2 Å². The predicted molar refractivity (Wildman–Crippen MR) is 76.4 cm³/mol. The second-order valence-electron chi connectivity index (χ2n) is 3.96. The van der Waals surface area contributed by atoms with Crippen LogP contribution in [-0.2, 0) is 0 Å². The Hall–Kier alpha value is -2.18. The Bertz CT molecular complexity index is 590. The number of benzene rings is 2. The van der Waals surface area contributed by atoms with Crippen molar-refractivity contribution in [2.45, 2.75) is 6.04 Å². The van der Waals surface area contributed by atoms with Gasteiger partial charge in [-0.25, -0.2) is 0 Å². The van der Waals surface area contributed by atoms with E-state index in [4.69, 9.17) is 16.3 Å². The third kappa shape index (κ3) is 3.18. The average Bonchev–Trinajstić information content (AvgIpc) is 2.46. The van der Waals surface area contributed by atoms with Gasteiger partial charge in [-0.15, -0.1) is 0 Å². The average molecular weight is 273 g/mol. The van der Waals surface area contributed by atoms with E-state index in [-0.39, 0.29) is 0 Å². The number of nitrogens with zero attached hydrogens (tertiary/aromatic N) is 1. The molecule has 1 N–H and O–H groups in total. The summed E-state index contributed by atoms with van der Waals surface area (Å²) in [5.74, 6) is 0.775. The highest BCUT2D eigenvalue weighted by molar-refractivity contribution is 6.31. The summed E-state index contributed by atoms with van der Waals surface area (Å²) in [6, 6.07) is 16.4. The molecule has 0 aromatic heterocycles. The first-order chi connectivity index (χ1) is 9.24. The van der Waals surface area contributed by atoms with Gasteiger partial charge in [0.05, 0.1) is 13.2 Å². The van der Waals surface area contributed by atoms with Crippen LogP contribution in [0.5, 0.6) is 5.75 Å². The number of nitrogens with one attached hydrogen (secondary N) is 1. The molecular weight excluding hydrogens is 260 g/mol. The maximum Gasteiger partial charge on any atom is 0.141 e. The smallest absolute Gasteiger partial charge is 0.141 e. The molecule has 2 aromatic rings. The van der Waals surface area contributed by atoms with Gasteiger partial charge in [0.25, 0.3) is 0 Å². The Morgan fingerprint density at radius 2 is 1.84 bits per heavy atom. The Balaban J connectivity index is 2.20. The van der Waals surface area contributed by atoms with Gasteiger partial charge in [0, 0.05) is 16.3 Å². The van der Waals surface area contributed by atoms with E-state index in [0.717, 1.165) is 17.0 Å². The molecule has 1 atom stereocenters. The first-order valence-corrected chi connectivity index (χ1v) is 6.17. The molecule has 0 bridgehead atoms. The number of hydrogen-bond acceptors (Lipinski definition) is 3. The van der Waals surface area contributed by atoms with Crippen LogP contribution in [0.3, 0.4) is 0 Å². The van der Waals surface area contributed by atoms with E-state index in [2.05, 4.69) is 11.4 Å². The third-order valence-electron chi connectivity index (χ3n) is 2.75. The van der Waals surface area contributed by atoms with Crippen molar-refractivity contribution in [2.75, 3.05) is 12.4 Å². The molecule has 2 rings (SSSR count). The molecule has 1 unspecified atom stereocenters. The molecule has 0 aliphatic heterocycles. The molecule has 0 saturated carbocycles. The second kappa shape index (κ2) is 6.12. The Morgan fingerprint density at radius 3 is 2.42 bits per heavy atom. The molecule has 0 heterocycles. The summed E-state index contributed by atoms with van der Waals surface area (Å²) in [5, 5.41) is 13.0. The van der Waals surface area contributed by atoms with Gasteiger partial charge < -0.3 is 10.1 Å². The summed E-state index contributed by atoms with van der Waals surface area (Å²) in [6.07, 6.45) is 0. The van der Waals surface area contributed by atoms with Gasteiger partial charge in [0.1, 0.15) is 11.8 Å². The maximum absolute atomic E-state index is 9.27. The number of nitriles is 1. The lowest BCUT2D eigenvalue weighted by atomic mass is 10.1. The molecule has 4 heteroatoms. The van der Waals surface area contributed by atoms with Gasteiger partial charge in [-0.2, -0.15) is 5.26 Å². The van der Waals surface area contributed by atoms with Crippen LogP contribution in [0.15, 0.2) is 48.5 Å². The van der Waals surface area contributed by atoms with E-state index < -0.39 is 6.04 Å². The topological polar surface area (TPSA) is 45.0 Å². The first kappa shape index (κ1) is 13.3. The van der Waals surface area contributed by atoms with Crippen LogP contribution in [0, 0.1) is 11.3 Å². The van der Waals surface area contributed by atoms with Crippen molar-refractivity contribution in [3.05, 3.63) is 59.1 Å². The zero-order chi connectivity index (χ0) is 13.7. The van der Waals surface area contributed by atoms with E-state index in [1.807, 2.05) is 42.5 Å². The highest BCUT2D eigenvalue weighted by Crippen LogP contribution is 2.26. The van der Waals surface area contributed by atoms with Gasteiger partial charge in [-0.1, -0.05) is 29.8 Å². The molecule has 0 fully saturated rings. The van der Waals surface area contributed by atoms with Gasteiger partial charge in [0.15, 0.2) is 0 Å². The Morgan fingerprint density at radius 1 is 1.16 bits per heavy atom. The quantitative estimate of drug-likeness (QED) is 0.914. The number of rotatable bonds is 4. The van der Waals surface area contributed by atoms with Crippen molar-refractivity contribution in [3.63, 3.8) is 0 Å². The van der Waals surface area contributed by atoms with Gasteiger partial charge in [-0.05, 0) is 30.3 Å². The highest BCUT2D eigenvalue weighted by atomic mass is 35.5. The van der Waals surface area contributed by atoms with Crippen LogP contribution in [-0.4, -0.2) is 7.11 Å². The number of halogens is 1. The van der Waals surface area contributed by atoms with Crippen LogP contribution in [0.25, 0.3) is 0 Å². The molecule has 0 radical (unpaired) electrons. The normalized spacial score (nSPS) is 11.4. The highest BCUT2D eigenvalue weighted by Gasteiger charge is 2.13. The van der Waals surface area contributed by atoms with E-state index in [1.165, 1.54) is 0 Å². The van der Waals surface area contributed by atoms with Crippen molar-refractivity contribution < 1.29 is 4.74 Å². The van der Waals surface area contributed by atoms with Crippen LogP contribution >= 0.6 is 11.6 Å². The lowest BCUT2D eigenvalue weighted by Crippen LogP contribution is -2.08. The maximum atomic E-state index is 9.27. The summed E-state index contributed by atoms with van der Waals surface area (Å²) in [4.78, 5) is 0. The van der Waals surface area contributed by atoms with Crippen molar-refractivity contribution in [3.8, 4) is 11.8 Å². The van der Waals surface area contributed by atoms with E-state index in [0.29, 0.717) is 5.02 Å². The Kier molecular flexibility index (Phi) is 4.27. The molecule has 0 saturated heterocycles. The molecule has 19 heavy (non-hydrogen) atoms. The molecule has 0 aliphatic carbocycles. The zero-order valence-corrected chi connectivity index (χ0v) is 11.2. The number of ether oxygens (including phenoxy) is 1. The number of methoxy groups -OCH3 is 1.